The molecule has 9 heteroatoms. The minimum absolute atomic E-state index is 0.0365. The number of H-pyrrole nitrogens is 1. The summed E-state index contributed by atoms with van der Waals surface area (Å²) in [6.45, 7) is 4.05. The van der Waals surface area contributed by atoms with Crippen LogP contribution < -0.4 is 5.32 Å². The van der Waals surface area contributed by atoms with Gasteiger partial charge in [-0.15, -0.1) is 0 Å². The molecule has 4 aromatic rings. The average Bonchev–Trinajstić information content (AvgIpc) is 3.29. The summed E-state index contributed by atoms with van der Waals surface area (Å²) in [6.07, 6.45) is -4.40. The summed E-state index contributed by atoms with van der Waals surface area (Å²) in [7, 11) is 2.08. The van der Waals surface area contributed by atoms with Crippen molar-refractivity contribution in [1.82, 2.24) is 19.8 Å². The molecule has 1 fully saturated rings. The molecule has 3 aromatic carbocycles. The molecule has 36 heavy (non-hydrogen) atoms. The van der Waals surface area contributed by atoms with Gasteiger partial charge in [0.25, 0.3) is 0 Å². The quantitative estimate of drug-likeness (QED) is 0.406. The van der Waals surface area contributed by atoms with Crippen LogP contribution in [0.5, 0.6) is 0 Å². The van der Waals surface area contributed by atoms with E-state index in [1.165, 1.54) is 6.07 Å². The molecule has 0 atom stereocenters. The largest absolute Gasteiger partial charge is 0.416 e. The molecule has 0 bridgehead atoms. The number of halogens is 3. The molecule has 2 heterocycles. The van der Waals surface area contributed by atoms with Gasteiger partial charge in [-0.3, -0.25) is 9.69 Å². The summed E-state index contributed by atoms with van der Waals surface area (Å²) < 4.78 is 39.0. The number of imidazole rings is 1. The van der Waals surface area contributed by atoms with E-state index >= 15 is 0 Å². The van der Waals surface area contributed by atoms with Gasteiger partial charge >= 0.3 is 6.18 Å². The minimum Gasteiger partial charge on any atom is -0.338 e. The standard InChI is InChI=1S/C27H26F3N5O/c1-34-11-13-35(14-12-34)17-25(36)31-22-4-2-3-20(15-22)18-5-7-19(8-6-18)26-32-23-10-9-21(27(28,29)30)16-24(23)33-26/h2-10,15-16H,11-14,17H2,1H3,(H,31,36)(H,32,33). The summed E-state index contributed by atoms with van der Waals surface area (Å²) in [6, 6.07) is 18.7. The Kier molecular flexibility index (Phi) is 6.51. The SMILES string of the molecule is CN1CCN(CC(=O)Nc2cccc(-c3ccc(-c4nc5ccc(C(F)(F)F)cc5[nH]4)cc3)c2)CC1. The lowest BCUT2D eigenvalue weighted by Gasteiger charge is -2.31. The van der Waals surface area contributed by atoms with Gasteiger partial charge in [-0.2, -0.15) is 13.2 Å². The predicted molar refractivity (Wildman–Crippen MR) is 135 cm³/mol. The van der Waals surface area contributed by atoms with Gasteiger partial charge in [-0.05, 0) is 48.5 Å². The Hall–Kier alpha value is -3.69. The number of nitrogens with one attached hydrogen (secondary N) is 2. The third-order valence-corrected chi connectivity index (χ3v) is 6.41. The number of alkyl halides is 3. The van der Waals surface area contributed by atoms with Crippen molar-refractivity contribution < 1.29 is 18.0 Å². The zero-order chi connectivity index (χ0) is 25.3. The molecule has 1 aromatic heterocycles. The number of amides is 1. The molecule has 1 aliphatic rings. The summed E-state index contributed by atoms with van der Waals surface area (Å²) in [5, 5.41) is 2.99. The third-order valence-electron chi connectivity index (χ3n) is 6.41. The van der Waals surface area contributed by atoms with Gasteiger partial charge in [-0.1, -0.05) is 36.4 Å². The van der Waals surface area contributed by atoms with Crippen molar-refractivity contribution >= 4 is 22.6 Å². The molecule has 0 saturated carbocycles. The molecule has 0 radical (unpaired) electrons. The van der Waals surface area contributed by atoms with Gasteiger partial charge in [-0.25, -0.2) is 4.98 Å². The molecule has 6 nitrogen and oxygen atoms in total. The van der Waals surface area contributed by atoms with Crippen LogP contribution in [-0.2, 0) is 11.0 Å². The highest BCUT2D eigenvalue weighted by atomic mass is 19.4. The first-order chi connectivity index (χ1) is 17.2. The molecular formula is C27H26F3N5O. The predicted octanol–water partition coefficient (Wildman–Crippen LogP) is 5.10. The number of carbonyl (C=O) groups excluding carboxylic acids is 1. The number of aromatic amines is 1. The summed E-state index contributed by atoms with van der Waals surface area (Å²) in [5.41, 5.74) is 3.48. The number of rotatable bonds is 5. The first kappa shape index (κ1) is 24.0. The second-order valence-electron chi connectivity index (χ2n) is 9.10. The lowest BCUT2D eigenvalue weighted by atomic mass is 10.0. The van der Waals surface area contributed by atoms with E-state index in [4.69, 9.17) is 0 Å². The summed E-state index contributed by atoms with van der Waals surface area (Å²) >= 11 is 0. The Morgan fingerprint density at radius 1 is 0.944 bits per heavy atom. The highest BCUT2D eigenvalue weighted by Gasteiger charge is 2.30. The number of fused-ring (bicyclic) bond motifs is 1. The van der Waals surface area contributed by atoms with E-state index in [-0.39, 0.29) is 5.91 Å². The lowest BCUT2D eigenvalue weighted by molar-refractivity contribution is -0.137. The Morgan fingerprint density at radius 2 is 1.67 bits per heavy atom. The Labute approximate surface area is 206 Å². The Bertz CT molecular complexity index is 1370. The normalized spacial score (nSPS) is 15.3. The van der Waals surface area contributed by atoms with Crippen LogP contribution in [0.25, 0.3) is 33.5 Å². The molecule has 186 valence electrons. The van der Waals surface area contributed by atoms with Crippen LogP contribution in [0, 0.1) is 0 Å². The highest BCUT2D eigenvalue weighted by Crippen LogP contribution is 2.32. The first-order valence-electron chi connectivity index (χ1n) is 11.7. The number of aromatic nitrogens is 2. The van der Waals surface area contributed by atoms with Crippen LogP contribution in [0.15, 0.2) is 66.7 Å². The van der Waals surface area contributed by atoms with Crippen molar-refractivity contribution in [3.8, 4) is 22.5 Å². The summed E-state index contributed by atoms with van der Waals surface area (Å²) in [4.78, 5) is 24.3. The lowest BCUT2D eigenvalue weighted by Crippen LogP contribution is -2.47. The van der Waals surface area contributed by atoms with E-state index in [2.05, 4.69) is 32.1 Å². The van der Waals surface area contributed by atoms with Crippen molar-refractivity contribution in [3.05, 3.63) is 72.3 Å². The molecule has 0 spiro atoms. The van der Waals surface area contributed by atoms with E-state index in [0.717, 1.165) is 60.7 Å². The second-order valence-corrected chi connectivity index (χ2v) is 9.10. The number of hydrogen-bond donors (Lipinski definition) is 2. The number of likely N-dealkylation sites (N-methyl/N-ethyl adjacent to an activating group) is 1. The van der Waals surface area contributed by atoms with E-state index in [1.54, 1.807) is 0 Å². The smallest absolute Gasteiger partial charge is 0.338 e. The van der Waals surface area contributed by atoms with Gasteiger partial charge < -0.3 is 15.2 Å². The van der Waals surface area contributed by atoms with Crippen LogP contribution in [-0.4, -0.2) is 65.4 Å². The number of anilines is 1. The van der Waals surface area contributed by atoms with Crippen LogP contribution in [0.4, 0.5) is 18.9 Å². The van der Waals surface area contributed by atoms with Gasteiger partial charge in [0.1, 0.15) is 5.82 Å². The zero-order valence-corrected chi connectivity index (χ0v) is 19.8. The zero-order valence-electron chi connectivity index (χ0n) is 19.8. The van der Waals surface area contributed by atoms with Gasteiger partial charge in [0.05, 0.1) is 23.1 Å². The van der Waals surface area contributed by atoms with E-state index in [0.29, 0.717) is 23.4 Å². The molecule has 5 rings (SSSR count). The number of benzene rings is 3. The topological polar surface area (TPSA) is 64.3 Å². The number of piperazine rings is 1. The molecule has 0 aliphatic carbocycles. The van der Waals surface area contributed by atoms with Gasteiger partial charge in [0.2, 0.25) is 5.91 Å². The van der Waals surface area contributed by atoms with Crippen LogP contribution in [0.1, 0.15) is 5.56 Å². The Balaban J connectivity index is 1.28. The van der Waals surface area contributed by atoms with Gasteiger partial charge in [0, 0.05) is 37.4 Å². The van der Waals surface area contributed by atoms with Crippen molar-refractivity contribution in [1.29, 1.82) is 0 Å². The average molecular weight is 494 g/mol. The van der Waals surface area contributed by atoms with Crippen molar-refractivity contribution in [2.45, 2.75) is 6.18 Å². The van der Waals surface area contributed by atoms with Crippen LogP contribution >= 0.6 is 0 Å². The summed E-state index contributed by atoms with van der Waals surface area (Å²) in [5.74, 6) is 0.464. The number of hydrogen-bond acceptors (Lipinski definition) is 4. The van der Waals surface area contributed by atoms with Crippen LogP contribution in [0.3, 0.4) is 0 Å². The molecule has 1 saturated heterocycles. The Morgan fingerprint density at radius 3 is 2.39 bits per heavy atom. The van der Waals surface area contributed by atoms with E-state index in [1.807, 2.05) is 48.5 Å². The van der Waals surface area contributed by atoms with E-state index in [9.17, 15) is 18.0 Å². The number of carbonyl (C=O) groups is 1. The second kappa shape index (κ2) is 9.75. The van der Waals surface area contributed by atoms with Crippen molar-refractivity contribution in [2.75, 3.05) is 45.1 Å². The molecule has 0 unspecified atom stereocenters. The third kappa shape index (κ3) is 5.42. The molecule has 1 aliphatic heterocycles. The number of nitrogens with zero attached hydrogens (tertiary/aromatic N) is 3. The van der Waals surface area contributed by atoms with E-state index < -0.39 is 11.7 Å². The fourth-order valence-corrected chi connectivity index (χ4v) is 4.33. The minimum atomic E-state index is -4.40. The maximum absolute atomic E-state index is 13.0. The fourth-order valence-electron chi connectivity index (χ4n) is 4.33. The maximum atomic E-state index is 13.0. The van der Waals surface area contributed by atoms with Crippen molar-refractivity contribution in [3.63, 3.8) is 0 Å². The van der Waals surface area contributed by atoms with Crippen molar-refractivity contribution in [2.24, 2.45) is 0 Å². The molecule has 1 amide bonds. The monoisotopic (exact) mass is 493 g/mol. The van der Waals surface area contributed by atoms with Gasteiger partial charge in [0.15, 0.2) is 0 Å². The molecular weight excluding hydrogens is 467 g/mol. The maximum Gasteiger partial charge on any atom is 0.416 e. The molecule has 2 N–H and O–H groups in total. The van der Waals surface area contributed by atoms with Crippen LogP contribution in [0.2, 0.25) is 0 Å². The fraction of sp³-hybridized carbons (Fsp3) is 0.259. The highest BCUT2D eigenvalue weighted by molar-refractivity contribution is 5.93. The first-order valence-corrected chi connectivity index (χ1v) is 11.7.